The molecule has 1 aromatic carbocycles. The van der Waals surface area contributed by atoms with Crippen molar-refractivity contribution in [3.05, 3.63) is 33.8 Å². The van der Waals surface area contributed by atoms with Crippen molar-refractivity contribution in [1.82, 2.24) is 0 Å². The monoisotopic (exact) mass is 348 g/mol. The van der Waals surface area contributed by atoms with Crippen LogP contribution in [0, 0.1) is 33.5 Å². The molecule has 2 heterocycles. The first-order chi connectivity index (χ1) is 11.0. The molecule has 0 aromatic heterocycles. The van der Waals surface area contributed by atoms with Crippen molar-refractivity contribution >= 4 is 29.0 Å². The Balaban J connectivity index is 2.00. The third-order valence-electron chi connectivity index (χ3n) is 4.89. The highest BCUT2D eigenvalue weighted by Crippen LogP contribution is 2.83. The van der Waals surface area contributed by atoms with E-state index in [0.29, 0.717) is 15.6 Å². The van der Waals surface area contributed by atoms with Crippen LogP contribution in [0.1, 0.15) is 11.5 Å². The van der Waals surface area contributed by atoms with Crippen molar-refractivity contribution in [2.75, 3.05) is 13.2 Å². The summed E-state index contributed by atoms with van der Waals surface area (Å²) in [4.78, 5) is 4.19. The molecule has 6 nitrogen and oxygen atoms in total. The van der Waals surface area contributed by atoms with E-state index >= 15 is 0 Å². The number of hydrogen-bond donors (Lipinski definition) is 1. The van der Waals surface area contributed by atoms with Gasteiger partial charge in [0, 0.05) is 16.0 Å². The molecule has 0 amide bonds. The van der Waals surface area contributed by atoms with Gasteiger partial charge in [-0.05, 0) is 17.7 Å². The third kappa shape index (κ3) is 1.35. The summed E-state index contributed by atoms with van der Waals surface area (Å²) in [5.74, 6) is -2.22. The fourth-order valence-electron chi connectivity index (χ4n) is 3.94. The summed E-state index contributed by atoms with van der Waals surface area (Å²) >= 11 is 12.6. The minimum atomic E-state index is -1.57. The summed E-state index contributed by atoms with van der Waals surface area (Å²) < 4.78 is 11.3. The van der Waals surface area contributed by atoms with E-state index in [0.717, 1.165) is 0 Å². The maximum atomic E-state index is 9.94. The number of aliphatic imine (C=N–C) groups is 1. The van der Waals surface area contributed by atoms with Crippen LogP contribution < -0.4 is 5.73 Å². The zero-order chi connectivity index (χ0) is 16.5. The Hall–Kier alpha value is -1.83. The van der Waals surface area contributed by atoms with Crippen LogP contribution in [0.15, 0.2) is 23.2 Å². The van der Waals surface area contributed by atoms with E-state index in [1.807, 2.05) is 0 Å². The topological polar surface area (TPSA) is 104 Å². The molecule has 0 radical (unpaired) electrons. The molecule has 1 aliphatic carbocycles. The lowest BCUT2D eigenvalue weighted by Gasteiger charge is -2.26. The van der Waals surface area contributed by atoms with E-state index in [1.165, 1.54) is 0 Å². The van der Waals surface area contributed by atoms with Gasteiger partial charge in [0.15, 0.2) is 5.41 Å². The molecule has 8 heteroatoms. The van der Waals surface area contributed by atoms with Crippen molar-refractivity contribution in [3.63, 3.8) is 0 Å². The summed E-state index contributed by atoms with van der Waals surface area (Å²) in [7, 11) is 0. The molecule has 116 valence electrons. The molecule has 1 spiro atoms. The molecule has 1 aromatic rings. The molecular weight excluding hydrogens is 339 g/mol. The summed E-state index contributed by atoms with van der Waals surface area (Å²) in [5, 5.41) is 20.5. The van der Waals surface area contributed by atoms with E-state index in [4.69, 9.17) is 38.4 Å². The fourth-order valence-corrected chi connectivity index (χ4v) is 4.55. The Labute approximate surface area is 142 Å². The first-order valence-corrected chi connectivity index (χ1v) is 7.66. The van der Waals surface area contributed by atoms with Gasteiger partial charge in [0.25, 0.3) is 5.91 Å². The quantitative estimate of drug-likeness (QED) is 0.837. The van der Waals surface area contributed by atoms with Gasteiger partial charge in [-0.15, -0.1) is 0 Å². The van der Waals surface area contributed by atoms with E-state index in [1.54, 1.807) is 18.2 Å². The Morgan fingerprint density at radius 1 is 1.17 bits per heavy atom. The number of nitriles is 2. The molecule has 1 saturated carbocycles. The van der Waals surface area contributed by atoms with Gasteiger partial charge in [0.2, 0.25) is 0 Å². The molecule has 1 saturated heterocycles. The lowest BCUT2D eigenvalue weighted by atomic mass is 9.94. The van der Waals surface area contributed by atoms with Crippen LogP contribution in [0.2, 0.25) is 10.0 Å². The van der Waals surface area contributed by atoms with E-state index in [9.17, 15) is 10.5 Å². The van der Waals surface area contributed by atoms with Crippen LogP contribution >= 0.6 is 23.2 Å². The molecule has 3 atom stereocenters. The van der Waals surface area contributed by atoms with Crippen molar-refractivity contribution in [1.29, 1.82) is 10.5 Å². The minimum Gasteiger partial charge on any atom is -0.386 e. The average molecular weight is 349 g/mol. The van der Waals surface area contributed by atoms with E-state index < -0.39 is 22.7 Å². The average Bonchev–Trinajstić information content (AvgIpc) is 2.77. The predicted molar refractivity (Wildman–Crippen MR) is 81.6 cm³/mol. The molecule has 0 bridgehead atoms. The van der Waals surface area contributed by atoms with Crippen LogP contribution in [0.4, 0.5) is 0 Å². The normalized spacial score (nSPS) is 36.2. The van der Waals surface area contributed by atoms with Crippen LogP contribution in [-0.4, -0.2) is 25.0 Å². The lowest BCUT2D eigenvalue weighted by Crippen LogP contribution is -2.38. The van der Waals surface area contributed by atoms with Crippen molar-refractivity contribution < 1.29 is 9.47 Å². The number of rotatable bonds is 1. The van der Waals surface area contributed by atoms with Gasteiger partial charge in [-0.2, -0.15) is 10.5 Å². The molecule has 3 aliphatic rings. The second kappa shape index (κ2) is 4.37. The van der Waals surface area contributed by atoms with Crippen molar-refractivity contribution in [3.8, 4) is 12.1 Å². The molecule has 23 heavy (non-hydrogen) atoms. The van der Waals surface area contributed by atoms with Gasteiger partial charge in [-0.3, -0.25) is 0 Å². The standard InChI is InChI=1S/C15H10Cl2N4O2/c16-8-2-1-3-9(17)10(8)11-13(6-18)12(20)21-15(14(11,13)7-19)22-4-5-23-15/h1-3,11H,4-5H2,(H2,20,21). The Morgan fingerprint density at radius 2 is 1.78 bits per heavy atom. The Morgan fingerprint density at radius 3 is 2.30 bits per heavy atom. The molecular formula is C15H10Cl2N4O2. The molecule has 4 rings (SSSR count). The molecule has 2 fully saturated rings. The van der Waals surface area contributed by atoms with Crippen LogP contribution in [0.3, 0.4) is 0 Å². The first kappa shape index (κ1) is 14.7. The number of nitrogens with two attached hydrogens (primary N) is 1. The number of benzene rings is 1. The summed E-state index contributed by atoms with van der Waals surface area (Å²) in [6.45, 7) is 0.537. The van der Waals surface area contributed by atoms with Crippen LogP contribution in [0.5, 0.6) is 0 Å². The number of fused-ring (bicyclic) bond motifs is 2. The Bertz CT molecular complexity index is 817. The fraction of sp³-hybridized carbons (Fsp3) is 0.400. The van der Waals surface area contributed by atoms with Gasteiger partial charge >= 0.3 is 0 Å². The second-order valence-electron chi connectivity index (χ2n) is 5.68. The first-order valence-electron chi connectivity index (χ1n) is 6.91. The Kier molecular flexibility index (Phi) is 2.80. The number of nitrogens with zero attached hydrogens (tertiary/aromatic N) is 3. The van der Waals surface area contributed by atoms with Crippen LogP contribution in [0.25, 0.3) is 0 Å². The minimum absolute atomic E-state index is 0.0180. The van der Waals surface area contributed by atoms with Crippen LogP contribution in [-0.2, 0) is 9.47 Å². The largest absolute Gasteiger partial charge is 0.386 e. The van der Waals surface area contributed by atoms with E-state index in [-0.39, 0.29) is 19.0 Å². The zero-order valence-electron chi connectivity index (χ0n) is 11.7. The van der Waals surface area contributed by atoms with Gasteiger partial charge in [-0.25, -0.2) is 4.99 Å². The molecule has 2 aliphatic heterocycles. The van der Waals surface area contributed by atoms with Gasteiger partial charge in [-0.1, -0.05) is 29.3 Å². The highest BCUT2D eigenvalue weighted by atomic mass is 35.5. The van der Waals surface area contributed by atoms with Gasteiger partial charge < -0.3 is 15.2 Å². The van der Waals surface area contributed by atoms with E-state index in [2.05, 4.69) is 17.1 Å². The summed E-state index contributed by atoms with van der Waals surface area (Å²) in [6.07, 6.45) is 0. The maximum absolute atomic E-state index is 9.94. The number of amidine groups is 1. The van der Waals surface area contributed by atoms with Gasteiger partial charge in [0.05, 0.1) is 25.4 Å². The SMILES string of the molecule is N#CC12C(N)=NC3(OCCO3)C1(C#N)C2c1c(Cl)cccc1Cl. The predicted octanol–water partition coefficient (Wildman–Crippen LogP) is 2.18. The highest BCUT2D eigenvalue weighted by molar-refractivity contribution is 6.36. The number of hydrogen-bond acceptors (Lipinski definition) is 6. The zero-order valence-corrected chi connectivity index (χ0v) is 13.2. The number of halogens is 2. The van der Waals surface area contributed by atoms with Crippen molar-refractivity contribution in [2.24, 2.45) is 21.6 Å². The summed E-state index contributed by atoms with van der Waals surface area (Å²) in [5.41, 5.74) is 3.78. The number of ether oxygens (including phenoxy) is 2. The third-order valence-corrected chi connectivity index (χ3v) is 5.55. The highest BCUT2D eigenvalue weighted by Gasteiger charge is 2.94. The van der Waals surface area contributed by atoms with Gasteiger partial charge in [0.1, 0.15) is 11.3 Å². The smallest absolute Gasteiger partial charge is 0.293 e. The lowest BCUT2D eigenvalue weighted by molar-refractivity contribution is -0.184. The summed E-state index contributed by atoms with van der Waals surface area (Å²) in [6, 6.07) is 9.35. The second-order valence-corrected chi connectivity index (χ2v) is 6.50. The molecule has 3 unspecified atom stereocenters. The van der Waals surface area contributed by atoms with Crippen molar-refractivity contribution in [2.45, 2.75) is 11.8 Å². The maximum Gasteiger partial charge on any atom is 0.293 e. The molecule has 2 N–H and O–H groups in total.